The second-order valence-electron chi connectivity index (χ2n) is 15.1. The van der Waals surface area contributed by atoms with Gasteiger partial charge in [-0.05, 0) is 120 Å². The maximum absolute atomic E-state index is 4.89. The third kappa shape index (κ3) is 5.80. The van der Waals surface area contributed by atoms with E-state index in [-0.39, 0.29) is 6.71 Å². The SMILES string of the molecule is Cc1cc2c3c(c1)N(c1ccccc1-c1ccccn1)c1cc(N(c4ccccc4)c4ccccc4)ccc1B3c1ccccc1N2c1ccccc1-c1ccccn1. The van der Waals surface area contributed by atoms with Crippen LogP contribution in [0.2, 0.25) is 0 Å². The summed E-state index contributed by atoms with van der Waals surface area (Å²) >= 11 is 0. The van der Waals surface area contributed by atoms with Crippen molar-refractivity contribution in [2.45, 2.75) is 6.92 Å². The van der Waals surface area contributed by atoms with Crippen LogP contribution in [-0.2, 0) is 0 Å². The van der Waals surface area contributed by atoms with Gasteiger partial charge in [0.1, 0.15) is 0 Å². The predicted molar refractivity (Wildman–Crippen MR) is 246 cm³/mol. The molecule has 5 nitrogen and oxygen atoms in total. The Morgan fingerprint density at radius 3 is 1.42 bits per heavy atom. The lowest BCUT2D eigenvalue weighted by Crippen LogP contribution is -2.61. The zero-order valence-electron chi connectivity index (χ0n) is 32.5. The van der Waals surface area contributed by atoms with E-state index in [1.807, 2.05) is 24.5 Å². The van der Waals surface area contributed by atoms with Gasteiger partial charge in [-0.1, -0.05) is 109 Å². The molecule has 2 aromatic heterocycles. The maximum atomic E-state index is 4.89. The maximum Gasteiger partial charge on any atom is 0.252 e. The molecule has 278 valence electrons. The minimum absolute atomic E-state index is 0.0284. The van der Waals surface area contributed by atoms with Crippen molar-refractivity contribution in [1.82, 2.24) is 9.97 Å². The van der Waals surface area contributed by atoms with Crippen LogP contribution in [0, 0.1) is 6.92 Å². The van der Waals surface area contributed by atoms with E-state index >= 15 is 0 Å². The van der Waals surface area contributed by atoms with Gasteiger partial charge in [0.25, 0.3) is 6.71 Å². The number of hydrogen-bond acceptors (Lipinski definition) is 5. The van der Waals surface area contributed by atoms with Crippen molar-refractivity contribution < 1.29 is 0 Å². The molecule has 59 heavy (non-hydrogen) atoms. The van der Waals surface area contributed by atoms with Crippen LogP contribution in [0.5, 0.6) is 0 Å². The number of nitrogens with zero attached hydrogens (tertiary/aromatic N) is 5. The quantitative estimate of drug-likeness (QED) is 0.151. The normalized spacial score (nSPS) is 12.4. The first-order valence-corrected chi connectivity index (χ1v) is 20.1. The molecule has 0 atom stereocenters. The van der Waals surface area contributed by atoms with Gasteiger partial charge >= 0.3 is 0 Å². The molecule has 9 aromatic rings. The molecule has 2 aliphatic heterocycles. The lowest BCUT2D eigenvalue weighted by molar-refractivity contribution is 1.22. The molecule has 0 bridgehead atoms. The van der Waals surface area contributed by atoms with Crippen molar-refractivity contribution in [1.29, 1.82) is 0 Å². The Hall–Kier alpha value is -7.70. The number of anilines is 9. The van der Waals surface area contributed by atoms with Crippen LogP contribution >= 0.6 is 0 Å². The van der Waals surface area contributed by atoms with Crippen LogP contribution < -0.4 is 31.1 Å². The molecule has 11 rings (SSSR count). The molecule has 6 heteroatoms. The summed E-state index contributed by atoms with van der Waals surface area (Å²) in [7, 11) is 0. The first-order chi connectivity index (χ1) is 29.2. The van der Waals surface area contributed by atoms with E-state index in [0.717, 1.165) is 73.7 Å². The van der Waals surface area contributed by atoms with E-state index in [1.54, 1.807) is 0 Å². The molecule has 7 aromatic carbocycles. The van der Waals surface area contributed by atoms with Crippen LogP contribution in [0.1, 0.15) is 5.56 Å². The Kier molecular flexibility index (Phi) is 8.40. The number of hydrogen-bond donors (Lipinski definition) is 0. The largest absolute Gasteiger partial charge is 0.311 e. The minimum Gasteiger partial charge on any atom is -0.311 e. The Balaban J connectivity index is 1.21. The Morgan fingerprint density at radius 2 is 0.864 bits per heavy atom. The standard InChI is InChI=1S/C53H38BN5/c1-37-34-51-53-52(35-37)59(48-28-12-9-23-42(48)46-26-15-17-33-56-46)50-36-40(57(38-18-4-2-5-19-38)39-20-6-3-7-21-39)30-31-44(50)54(53)43-24-10-13-29-49(43)58(51)47-27-11-8-22-41(47)45-25-14-16-32-55-45/h2-36H,1H3. The Labute approximate surface area is 345 Å². The Bertz CT molecular complexity index is 2940. The van der Waals surface area contributed by atoms with E-state index in [2.05, 4.69) is 210 Å². The molecular weight excluding hydrogens is 717 g/mol. The monoisotopic (exact) mass is 755 g/mol. The lowest BCUT2D eigenvalue weighted by Gasteiger charge is -2.45. The molecule has 4 heterocycles. The highest BCUT2D eigenvalue weighted by molar-refractivity contribution is 7.00. The molecule has 0 saturated heterocycles. The summed E-state index contributed by atoms with van der Waals surface area (Å²) in [6.07, 6.45) is 3.75. The van der Waals surface area contributed by atoms with Gasteiger partial charge in [-0.2, -0.15) is 0 Å². The average molecular weight is 756 g/mol. The highest BCUT2D eigenvalue weighted by Crippen LogP contribution is 2.49. The highest BCUT2D eigenvalue weighted by atomic mass is 15.2. The fourth-order valence-corrected chi connectivity index (χ4v) is 9.14. The van der Waals surface area contributed by atoms with E-state index in [1.165, 1.54) is 22.0 Å². The summed E-state index contributed by atoms with van der Waals surface area (Å²) in [6.45, 7) is 2.19. The second-order valence-corrected chi connectivity index (χ2v) is 15.1. The summed E-state index contributed by atoms with van der Waals surface area (Å²) in [5, 5.41) is 0. The summed E-state index contributed by atoms with van der Waals surface area (Å²) in [5.41, 5.74) is 19.0. The van der Waals surface area contributed by atoms with Crippen LogP contribution in [0.15, 0.2) is 213 Å². The first-order valence-electron chi connectivity index (χ1n) is 20.1. The second kappa shape index (κ2) is 14.4. The van der Waals surface area contributed by atoms with Gasteiger partial charge in [0.05, 0.1) is 22.8 Å². The summed E-state index contributed by atoms with van der Waals surface area (Å²) < 4.78 is 0. The van der Waals surface area contributed by atoms with Gasteiger partial charge in [0.2, 0.25) is 0 Å². The van der Waals surface area contributed by atoms with Crippen molar-refractivity contribution in [3.63, 3.8) is 0 Å². The first kappa shape index (κ1) is 34.5. The third-order valence-electron chi connectivity index (χ3n) is 11.6. The molecule has 0 aliphatic carbocycles. The number of para-hydroxylation sites is 5. The van der Waals surface area contributed by atoms with Gasteiger partial charge in [0, 0.05) is 63.3 Å². The number of aryl methyl sites for hydroxylation is 1. The third-order valence-corrected chi connectivity index (χ3v) is 11.6. The molecule has 0 saturated carbocycles. The fourth-order valence-electron chi connectivity index (χ4n) is 9.14. The van der Waals surface area contributed by atoms with E-state index < -0.39 is 0 Å². The van der Waals surface area contributed by atoms with E-state index in [9.17, 15) is 0 Å². The molecule has 0 spiro atoms. The van der Waals surface area contributed by atoms with Gasteiger partial charge in [-0.3, -0.25) is 9.97 Å². The van der Waals surface area contributed by atoms with Crippen molar-refractivity contribution in [3.05, 3.63) is 218 Å². The predicted octanol–water partition coefficient (Wildman–Crippen LogP) is 11.7. The van der Waals surface area contributed by atoms with Crippen LogP contribution in [0.25, 0.3) is 22.5 Å². The smallest absolute Gasteiger partial charge is 0.252 e. The topological polar surface area (TPSA) is 35.5 Å². The van der Waals surface area contributed by atoms with Crippen molar-refractivity contribution >= 4 is 74.3 Å². The average Bonchev–Trinajstić information content (AvgIpc) is 3.30. The molecule has 2 aliphatic rings. The van der Waals surface area contributed by atoms with Crippen molar-refractivity contribution in [2.75, 3.05) is 14.7 Å². The number of aromatic nitrogens is 2. The van der Waals surface area contributed by atoms with Crippen LogP contribution in [0.3, 0.4) is 0 Å². The molecule has 0 amide bonds. The number of benzene rings is 7. The van der Waals surface area contributed by atoms with E-state index in [0.29, 0.717) is 0 Å². The Morgan fingerprint density at radius 1 is 0.390 bits per heavy atom. The lowest BCUT2D eigenvalue weighted by atomic mass is 9.33. The summed E-state index contributed by atoms with van der Waals surface area (Å²) in [6, 6.07) is 71.7. The molecule has 0 N–H and O–H groups in total. The minimum atomic E-state index is -0.0284. The van der Waals surface area contributed by atoms with Gasteiger partial charge in [-0.15, -0.1) is 0 Å². The van der Waals surface area contributed by atoms with E-state index in [4.69, 9.17) is 9.97 Å². The van der Waals surface area contributed by atoms with Crippen molar-refractivity contribution in [3.8, 4) is 22.5 Å². The van der Waals surface area contributed by atoms with Crippen LogP contribution in [-0.4, -0.2) is 16.7 Å². The van der Waals surface area contributed by atoms with Crippen LogP contribution in [0.4, 0.5) is 51.2 Å². The fraction of sp³-hybridized carbons (Fsp3) is 0.0189. The molecule has 0 radical (unpaired) electrons. The summed E-state index contributed by atoms with van der Waals surface area (Å²) in [5.74, 6) is 0. The molecular formula is C53H38BN5. The number of fused-ring (bicyclic) bond motifs is 4. The van der Waals surface area contributed by atoms with Gasteiger partial charge < -0.3 is 14.7 Å². The van der Waals surface area contributed by atoms with Crippen molar-refractivity contribution in [2.24, 2.45) is 0 Å². The molecule has 0 unspecified atom stereocenters. The molecule has 0 fully saturated rings. The zero-order valence-corrected chi connectivity index (χ0v) is 32.5. The number of rotatable bonds is 7. The summed E-state index contributed by atoms with van der Waals surface area (Å²) in [4.78, 5) is 17.0. The van der Waals surface area contributed by atoms with Gasteiger partial charge in [0.15, 0.2) is 0 Å². The number of pyridine rings is 2. The zero-order chi connectivity index (χ0) is 39.3. The van der Waals surface area contributed by atoms with Gasteiger partial charge in [-0.25, -0.2) is 0 Å². The highest BCUT2D eigenvalue weighted by Gasteiger charge is 2.44.